The molecule has 0 unspecified atom stereocenters. The second-order valence-corrected chi connectivity index (χ2v) is 14.9. The number of cyclic esters (lactones) is 1. The van der Waals surface area contributed by atoms with Crippen LogP contribution in [0.1, 0.15) is 88.5 Å². The molecule has 12 heteroatoms. The van der Waals surface area contributed by atoms with Gasteiger partial charge < -0.3 is 49.1 Å². The lowest BCUT2D eigenvalue weighted by Crippen LogP contribution is -2.58. The average molecular weight is 661 g/mol. The van der Waals surface area contributed by atoms with Gasteiger partial charge in [-0.25, -0.2) is 0 Å². The van der Waals surface area contributed by atoms with Crippen molar-refractivity contribution in [3.05, 3.63) is 0 Å². The monoisotopic (exact) mass is 660 g/mol. The zero-order chi connectivity index (χ0) is 35.4. The highest BCUT2D eigenvalue weighted by Gasteiger charge is 2.51. The molecule has 2 aliphatic heterocycles. The first-order valence-corrected chi connectivity index (χ1v) is 16.9. The van der Waals surface area contributed by atoms with E-state index in [1.807, 2.05) is 39.8 Å². The van der Waals surface area contributed by atoms with Crippen molar-refractivity contribution in [1.29, 1.82) is 0 Å². The number of aliphatic hydroxyl groups is 4. The second kappa shape index (κ2) is 16.3. The van der Waals surface area contributed by atoms with Crippen LogP contribution in [0.3, 0.4) is 0 Å². The van der Waals surface area contributed by atoms with Crippen LogP contribution in [0, 0.1) is 29.6 Å². The van der Waals surface area contributed by atoms with Crippen molar-refractivity contribution in [2.24, 2.45) is 34.7 Å². The van der Waals surface area contributed by atoms with Gasteiger partial charge in [0.05, 0.1) is 41.1 Å². The summed E-state index contributed by atoms with van der Waals surface area (Å²) in [5.74, 6) is -3.26. The Kier molecular flexibility index (Phi) is 14.5. The number of carbonyl (C=O) groups excluding carboxylic acids is 1. The summed E-state index contributed by atoms with van der Waals surface area (Å²) >= 11 is 0. The van der Waals surface area contributed by atoms with E-state index in [0.717, 1.165) is 0 Å². The minimum absolute atomic E-state index is 0.214. The molecule has 2 saturated heterocycles. The van der Waals surface area contributed by atoms with Gasteiger partial charge in [-0.05, 0) is 73.4 Å². The summed E-state index contributed by atoms with van der Waals surface area (Å²) in [5, 5.41) is 50.5. The maximum absolute atomic E-state index is 13.8. The van der Waals surface area contributed by atoms with Crippen LogP contribution in [0.5, 0.6) is 0 Å². The van der Waals surface area contributed by atoms with Crippen molar-refractivity contribution < 1.29 is 49.0 Å². The van der Waals surface area contributed by atoms with Crippen molar-refractivity contribution in [3.63, 3.8) is 0 Å². The summed E-state index contributed by atoms with van der Waals surface area (Å²) in [7, 11) is 5.38. The van der Waals surface area contributed by atoms with Crippen LogP contribution in [0.25, 0.3) is 0 Å². The van der Waals surface area contributed by atoms with Gasteiger partial charge in [0.25, 0.3) is 0 Å². The highest BCUT2D eigenvalue weighted by molar-refractivity contribution is 5.88. The van der Waals surface area contributed by atoms with Gasteiger partial charge >= 0.3 is 5.97 Å². The number of likely N-dealkylation sites (N-methyl/N-ethyl adjacent to an activating group) is 1. The van der Waals surface area contributed by atoms with Gasteiger partial charge in [0.2, 0.25) is 0 Å². The van der Waals surface area contributed by atoms with Crippen LogP contribution in [0.2, 0.25) is 0 Å². The Morgan fingerprint density at radius 3 is 2.13 bits per heavy atom. The molecule has 0 aromatic heterocycles. The quantitative estimate of drug-likeness (QED) is 0.172. The van der Waals surface area contributed by atoms with E-state index in [4.69, 9.17) is 23.8 Å². The molecule has 2 heterocycles. The molecule has 14 atom stereocenters. The van der Waals surface area contributed by atoms with E-state index >= 15 is 0 Å². The van der Waals surface area contributed by atoms with Crippen LogP contribution in [-0.4, -0.2) is 125 Å². The van der Waals surface area contributed by atoms with E-state index in [9.17, 15) is 25.2 Å². The molecule has 46 heavy (non-hydrogen) atoms. The summed E-state index contributed by atoms with van der Waals surface area (Å²) < 4.78 is 24.3. The summed E-state index contributed by atoms with van der Waals surface area (Å²) in [4.78, 5) is 21.5. The molecule has 0 aromatic carbocycles. The average Bonchev–Trinajstić information content (AvgIpc) is 2.98. The first kappa shape index (κ1) is 40.8. The number of nitrogens with zero attached hydrogens (tertiary/aromatic N) is 2. The molecular formula is C34H64N2O10. The van der Waals surface area contributed by atoms with Crippen molar-refractivity contribution in [1.82, 2.24) is 4.90 Å². The third-order valence-electron chi connectivity index (χ3n) is 10.8. The lowest BCUT2D eigenvalue weighted by molar-refractivity contribution is -0.298. The zero-order valence-electron chi connectivity index (χ0n) is 30.5. The lowest BCUT2D eigenvalue weighted by atomic mass is 9.70. The van der Waals surface area contributed by atoms with E-state index in [0.29, 0.717) is 18.9 Å². The molecule has 0 saturated carbocycles. The summed E-state index contributed by atoms with van der Waals surface area (Å²) in [6, 6.07) is 0. The first-order chi connectivity index (χ1) is 21.1. The molecule has 0 amide bonds. The zero-order valence-corrected chi connectivity index (χ0v) is 30.5. The number of ether oxygens (including phenoxy) is 4. The molecule has 0 radical (unpaired) electrons. The summed E-state index contributed by atoms with van der Waals surface area (Å²) in [6.45, 7) is 18.7. The van der Waals surface area contributed by atoms with Gasteiger partial charge in [0.15, 0.2) is 6.29 Å². The number of carbonyl (C=O) groups is 1. The maximum Gasteiger partial charge on any atom is 0.311 e. The summed E-state index contributed by atoms with van der Waals surface area (Å²) in [6.07, 6.45) is -4.76. The summed E-state index contributed by atoms with van der Waals surface area (Å²) in [5.41, 5.74) is -3.55. The van der Waals surface area contributed by atoms with Gasteiger partial charge in [0, 0.05) is 31.9 Å². The SMILES string of the molecule is CC[C@H]1OC(=O)[C@H](C)[C@@H](O[C@H]2C[C@@](C)(OC)[C@@H](O)[C@H](C)O2)[C@H](C)[C@@H](C)[C@](C)(O)C[C@@H](C)C(=NOCCN(C)C)[C@H](C)[C@@H](O)[C@]1(C)O. The fourth-order valence-electron chi connectivity index (χ4n) is 7.05. The first-order valence-electron chi connectivity index (χ1n) is 16.9. The van der Waals surface area contributed by atoms with Gasteiger partial charge in [-0.1, -0.05) is 39.8 Å². The Hall–Kier alpha value is -1.38. The molecule has 0 aliphatic carbocycles. The van der Waals surface area contributed by atoms with Gasteiger partial charge in [-0.15, -0.1) is 0 Å². The van der Waals surface area contributed by atoms with E-state index in [1.165, 1.54) is 14.0 Å². The van der Waals surface area contributed by atoms with Crippen molar-refractivity contribution in [3.8, 4) is 0 Å². The van der Waals surface area contributed by atoms with Crippen LogP contribution in [-0.2, 0) is 28.6 Å². The Morgan fingerprint density at radius 2 is 1.59 bits per heavy atom. The largest absolute Gasteiger partial charge is 0.459 e. The van der Waals surface area contributed by atoms with Crippen LogP contribution < -0.4 is 0 Å². The highest BCUT2D eigenvalue weighted by atomic mass is 16.7. The molecule has 0 aromatic rings. The van der Waals surface area contributed by atoms with Crippen molar-refractivity contribution in [2.45, 2.75) is 142 Å². The predicted molar refractivity (Wildman–Crippen MR) is 175 cm³/mol. The van der Waals surface area contributed by atoms with Crippen molar-refractivity contribution >= 4 is 11.7 Å². The maximum atomic E-state index is 13.8. The predicted octanol–water partition coefficient (Wildman–Crippen LogP) is 2.98. The van der Waals surface area contributed by atoms with Gasteiger partial charge in [-0.3, -0.25) is 4.79 Å². The minimum atomic E-state index is -1.84. The van der Waals surface area contributed by atoms with Crippen LogP contribution in [0.4, 0.5) is 0 Å². The Bertz CT molecular complexity index is 1010. The minimum Gasteiger partial charge on any atom is -0.459 e. The number of esters is 1. The molecule has 4 N–H and O–H groups in total. The van der Waals surface area contributed by atoms with Crippen LogP contribution >= 0.6 is 0 Å². The van der Waals surface area contributed by atoms with E-state index in [2.05, 4.69) is 5.16 Å². The number of hydrogen-bond acceptors (Lipinski definition) is 12. The second-order valence-electron chi connectivity index (χ2n) is 14.9. The van der Waals surface area contributed by atoms with Gasteiger partial charge in [0.1, 0.15) is 24.4 Å². The highest BCUT2D eigenvalue weighted by Crippen LogP contribution is 2.40. The fraction of sp³-hybridized carbons (Fsp3) is 0.941. The number of rotatable bonds is 8. The smallest absolute Gasteiger partial charge is 0.311 e. The molecular weight excluding hydrogens is 596 g/mol. The number of hydrogen-bond donors (Lipinski definition) is 4. The third kappa shape index (κ3) is 9.40. The van der Waals surface area contributed by atoms with E-state index < -0.39 is 71.4 Å². The van der Waals surface area contributed by atoms with Crippen molar-refractivity contribution in [2.75, 3.05) is 34.4 Å². The third-order valence-corrected chi connectivity index (χ3v) is 10.8. The Balaban J connectivity index is 2.59. The normalized spacial score (nSPS) is 46.2. The Labute approximate surface area is 276 Å². The fourth-order valence-corrected chi connectivity index (χ4v) is 7.05. The van der Waals surface area contributed by atoms with Crippen LogP contribution in [0.15, 0.2) is 5.16 Å². The molecule has 0 spiro atoms. The number of oxime groups is 1. The molecule has 0 bridgehead atoms. The standard InChI is InChI=1S/C34H64N2O10/c1-14-25-34(10,41)29(37)21(4)27(35-43-16-15-36(11)12)19(2)17-32(8,40)23(6)20(3)28(22(5)31(39)45-25)46-26-18-33(9,42-13)30(38)24(7)44-26/h19-26,28-30,37-38,40-41H,14-18H2,1-13H3/t19-,20-,21+,22-,23-,24+,25-,26+,28+,29-,30+,32-,33-,34-/m1/s1. The molecule has 12 nitrogen and oxygen atoms in total. The number of methoxy groups -OCH3 is 1. The lowest BCUT2D eigenvalue weighted by Gasteiger charge is -2.47. The molecule has 2 aliphatic rings. The molecule has 270 valence electrons. The van der Waals surface area contributed by atoms with E-state index in [1.54, 1.807) is 41.5 Å². The number of aliphatic hydroxyl groups excluding tert-OH is 2. The Morgan fingerprint density at radius 1 is 0.978 bits per heavy atom. The van der Waals surface area contributed by atoms with Gasteiger partial charge in [-0.2, -0.15) is 0 Å². The van der Waals surface area contributed by atoms with E-state index in [-0.39, 0.29) is 37.0 Å². The topological polar surface area (TPSA) is 160 Å². The molecule has 2 rings (SSSR count). The molecule has 2 fully saturated rings.